The van der Waals surface area contributed by atoms with Gasteiger partial charge in [-0.25, -0.2) is 4.68 Å². The smallest absolute Gasteiger partial charge is 0.274 e. The van der Waals surface area contributed by atoms with Gasteiger partial charge in [-0.05, 0) is 17.7 Å². The molecule has 26 heavy (non-hydrogen) atoms. The third-order valence-corrected chi connectivity index (χ3v) is 3.96. The lowest BCUT2D eigenvalue weighted by Gasteiger charge is -2.18. The van der Waals surface area contributed by atoms with Gasteiger partial charge >= 0.3 is 0 Å². The molecule has 9 nitrogen and oxygen atoms in total. The molecule has 0 aliphatic carbocycles. The van der Waals surface area contributed by atoms with Gasteiger partial charge < -0.3 is 9.64 Å². The Bertz CT molecular complexity index is 883. The van der Waals surface area contributed by atoms with E-state index in [2.05, 4.69) is 5.10 Å². The fourth-order valence-corrected chi connectivity index (χ4v) is 2.40. The Balaban J connectivity index is 2.21. The van der Waals surface area contributed by atoms with Crippen LogP contribution < -0.4 is 5.56 Å². The third kappa shape index (κ3) is 4.64. The summed E-state index contributed by atoms with van der Waals surface area (Å²) < 4.78 is 6.05. The predicted octanol–water partition coefficient (Wildman–Crippen LogP) is 1.72. The average Bonchev–Trinajstić information content (AvgIpc) is 2.62. The first kappa shape index (κ1) is 19.5. The summed E-state index contributed by atoms with van der Waals surface area (Å²) >= 11 is 6.06. The SMILES string of the molecule is COCCn1nc(C(=O)N(C)Cc2cc([N+](=O)[O-])ccc2Cl)ccc1=O. The first-order valence-electron chi connectivity index (χ1n) is 7.59. The van der Waals surface area contributed by atoms with Crippen molar-refractivity contribution in [2.24, 2.45) is 0 Å². The molecule has 0 bridgehead atoms. The zero-order valence-corrected chi connectivity index (χ0v) is 15.0. The topological polar surface area (TPSA) is 108 Å². The number of nitro groups is 1. The molecule has 0 spiro atoms. The van der Waals surface area contributed by atoms with Crippen molar-refractivity contribution in [1.29, 1.82) is 0 Å². The maximum Gasteiger partial charge on any atom is 0.274 e. The molecule has 0 N–H and O–H groups in total. The van der Waals surface area contributed by atoms with Crippen LogP contribution >= 0.6 is 11.6 Å². The number of nitro benzene ring substituents is 1. The zero-order chi connectivity index (χ0) is 19.3. The van der Waals surface area contributed by atoms with E-state index in [9.17, 15) is 19.7 Å². The third-order valence-electron chi connectivity index (χ3n) is 3.59. The van der Waals surface area contributed by atoms with E-state index < -0.39 is 10.8 Å². The van der Waals surface area contributed by atoms with Gasteiger partial charge in [-0.3, -0.25) is 19.7 Å². The Hall–Kier alpha value is -2.78. The highest BCUT2D eigenvalue weighted by atomic mass is 35.5. The largest absolute Gasteiger partial charge is 0.383 e. The van der Waals surface area contributed by atoms with E-state index >= 15 is 0 Å². The van der Waals surface area contributed by atoms with Crippen molar-refractivity contribution in [3.8, 4) is 0 Å². The van der Waals surface area contributed by atoms with Crippen molar-refractivity contribution in [1.82, 2.24) is 14.7 Å². The van der Waals surface area contributed by atoms with Crippen LogP contribution in [0.3, 0.4) is 0 Å². The van der Waals surface area contributed by atoms with E-state index in [1.54, 1.807) is 0 Å². The van der Waals surface area contributed by atoms with Crippen molar-refractivity contribution in [2.45, 2.75) is 13.1 Å². The maximum atomic E-state index is 12.6. The minimum absolute atomic E-state index is 0.0538. The normalized spacial score (nSPS) is 10.6. The second kappa shape index (κ2) is 8.54. The van der Waals surface area contributed by atoms with Gasteiger partial charge in [0.05, 0.1) is 18.1 Å². The van der Waals surface area contributed by atoms with Gasteiger partial charge in [-0.15, -0.1) is 0 Å². The minimum Gasteiger partial charge on any atom is -0.383 e. The number of methoxy groups -OCH3 is 1. The van der Waals surface area contributed by atoms with Crippen LogP contribution in [0.15, 0.2) is 35.1 Å². The van der Waals surface area contributed by atoms with Crippen molar-refractivity contribution in [2.75, 3.05) is 20.8 Å². The summed E-state index contributed by atoms with van der Waals surface area (Å²) in [6, 6.07) is 6.61. The number of non-ortho nitro benzene ring substituents is 1. The lowest BCUT2D eigenvalue weighted by molar-refractivity contribution is -0.384. The highest BCUT2D eigenvalue weighted by Crippen LogP contribution is 2.23. The van der Waals surface area contributed by atoms with Crippen molar-refractivity contribution in [3.05, 3.63) is 67.1 Å². The molecule has 1 aromatic carbocycles. The van der Waals surface area contributed by atoms with Gasteiger partial charge in [0, 0.05) is 43.9 Å². The van der Waals surface area contributed by atoms with Gasteiger partial charge in [-0.1, -0.05) is 11.6 Å². The van der Waals surface area contributed by atoms with E-state index in [4.69, 9.17) is 16.3 Å². The van der Waals surface area contributed by atoms with Crippen LogP contribution in [0.4, 0.5) is 5.69 Å². The highest BCUT2D eigenvalue weighted by molar-refractivity contribution is 6.31. The Morgan fingerprint density at radius 2 is 2.12 bits per heavy atom. The summed E-state index contributed by atoms with van der Waals surface area (Å²) in [5.41, 5.74) is 0.0497. The molecule has 0 saturated carbocycles. The fraction of sp³-hybridized carbons (Fsp3) is 0.312. The molecule has 138 valence electrons. The first-order chi connectivity index (χ1) is 12.3. The highest BCUT2D eigenvalue weighted by Gasteiger charge is 2.18. The number of carbonyl (C=O) groups excluding carboxylic acids is 1. The van der Waals surface area contributed by atoms with E-state index in [0.717, 1.165) is 4.68 Å². The number of hydrogen-bond acceptors (Lipinski definition) is 6. The zero-order valence-electron chi connectivity index (χ0n) is 14.2. The molecule has 2 aromatic rings. The number of benzene rings is 1. The van der Waals surface area contributed by atoms with Crippen LogP contribution in [0.1, 0.15) is 16.1 Å². The summed E-state index contributed by atoms with van der Waals surface area (Å²) in [5, 5.41) is 15.2. The fourth-order valence-electron chi connectivity index (χ4n) is 2.22. The monoisotopic (exact) mass is 380 g/mol. The molecule has 1 amide bonds. The van der Waals surface area contributed by atoms with Gasteiger partial charge in [0.2, 0.25) is 0 Å². The summed E-state index contributed by atoms with van der Waals surface area (Å²) in [6.07, 6.45) is 0. The number of rotatable bonds is 7. The van der Waals surface area contributed by atoms with Gasteiger partial charge in [0.15, 0.2) is 0 Å². The molecule has 0 radical (unpaired) electrons. The molecule has 1 heterocycles. The summed E-state index contributed by atoms with van der Waals surface area (Å²) in [4.78, 5) is 36.0. The van der Waals surface area contributed by atoms with E-state index in [-0.39, 0.29) is 36.6 Å². The number of amides is 1. The van der Waals surface area contributed by atoms with E-state index in [1.807, 2.05) is 0 Å². The Morgan fingerprint density at radius 3 is 2.77 bits per heavy atom. The maximum absolute atomic E-state index is 12.6. The molecule has 0 saturated heterocycles. The Labute approximate surface area is 153 Å². The molecule has 2 rings (SSSR count). The number of ether oxygens (including phenoxy) is 1. The van der Waals surface area contributed by atoms with Crippen LogP contribution in [0.5, 0.6) is 0 Å². The van der Waals surface area contributed by atoms with Crippen LogP contribution in [0, 0.1) is 10.1 Å². The van der Waals surface area contributed by atoms with Crippen molar-refractivity contribution < 1.29 is 14.5 Å². The first-order valence-corrected chi connectivity index (χ1v) is 7.96. The summed E-state index contributed by atoms with van der Waals surface area (Å²) in [5.74, 6) is -0.446. The minimum atomic E-state index is -0.533. The molecule has 0 aliphatic heterocycles. The summed E-state index contributed by atoms with van der Waals surface area (Å²) in [7, 11) is 3.01. The average molecular weight is 381 g/mol. The van der Waals surface area contributed by atoms with E-state index in [1.165, 1.54) is 49.4 Å². The lowest BCUT2D eigenvalue weighted by atomic mass is 10.2. The molecule has 0 unspecified atom stereocenters. The number of hydrogen-bond donors (Lipinski definition) is 0. The van der Waals surface area contributed by atoms with Crippen LogP contribution in [-0.2, 0) is 17.8 Å². The molecule has 0 fully saturated rings. The van der Waals surface area contributed by atoms with E-state index in [0.29, 0.717) is 10.6 Å². The quantitative estimate of drug-likeness (QED) is 0.534. The van der Waals surface area contributed by atoms with Gasteiger partial charge in [0.25, 0.3) is 17.2 Å². The second-order valence-corrected chi connectivity index (χ2v) is 5.87. The summed E-state index contributed by atoms with van der Waals surface area (Å²) in [6.45, 7) is 0.554. The second-order valence-electron chi connectivity index (χ2n) is 5.47. The number of aromatic nitrogens is 2. The van der Waals surface area contributed by atoms with Gasteiger partial charge in [-0.2, -0.15) is 5.10 Å². The number of carbonyl (C=O) groups is 1. The molecule has 1 aromatic heterocycles. The molecule has 0 atom stereocenters. The predicted molar refractivity (Wildman–Crippen MR) is 94.3 cm³/mol. The molecular weight excluding hydrogens is 364 g/mol. The Morgan fingerprint density at radius 1 is 1.38 bits per heavy atom. The number of halogens is 1. The van der Waals surface area contributed by atoms with Crippen molar-refractivity contribution >= 4 is 23.2 Å². The molecule has 10 heteroatoms. The Kier molecular flexibility index (Phi) is 6.42. The lowest BCUT2D eigenvalue weighted by Crippen LogP contribution is -2.31. The number of nitrogens with zero attached hydrogens (tertiary/aromatic N) is 4. The molecular formula is C16H17ClN4O5. The van der Waals surface area contributed by atoms with Crippen LogP contribution in [0.25, 0.3) is 0 Å². The standard InChI is InChI=1S/C16H17ClN4O5/c1-19(10-11-9-12(21(24)25)3-4-13(11)17)16(23)14-5-6-15(22)20(18-14)7-8-26-2/h3-6,9H,7-8,10H2,1-2H3. The van der Waals surface area contributed by atoms with Gasteiger partial charge in [0.1, 0.15) is 5.69 Å². The van der Waals surface area contributed by atoms with Crippen LogP contribution in [-0.4, -0.2) is 46.3 Å². The van der Waals surface area contributed by atoms with Crippen molar-refractivity contribution in [3.63, 3.8) is 0 Å². The van der Waals surface area contributed by atoms with Crippen LogP contribution in [0.2, 0.25) is 5.02 Å². The molecule has 0 aliphatic rings.